The topological polar surface area (TPSA) is 43.4 Å². The van der Waals surface area contributed by atoms with Crippen molar-refractivity contribution in [2.75, 3.05) is 19.8 Å². The molecule has 100 valence electrons. The molecular formula is C14H22N2O2. The molecule has 2 heterocycles. The number of rotatable bonds is 7. The molecule has 1 aliphatic heterocycles. The summed E-state index contributed by atoms with van der Waals surface area (Å²) in [4.78, 5) is 4.55. The minimum atomic E-state index is 0.287. The van der Waals surface area contributed by atoms with Gasteiger partial charge in [-0.05, 0) is 31.5 Å². The molecule has 0 bridgehead atoms. The molecule has 4 heteroatoms. The highest BCUT2D eigenvalue weighted by atomic mass is 16.5. The Morgan fingerprint density at radius 2 is 2.33 bits per heavy atom. The summed E-state index contributed by atoms with van der Waals surface area (Å²) < 4.78 is 11.2. The molecule has 0 radical (unpaired) electrons. The molecule has 1 atom stereocenters. The van der Waals surface area contributed by atoms with E-state index >= 15 is 0 Å². The van der Waals surface area contributed by atoms with Gasteiger partial charge in [-0.1, -0.05) is 13.0 Å². The van der Waals surface area contributed by atoms with E-state index in [1.54, 1.807) is 0 Å². The van der Waals surface area contributed by atoms with E-state index in [4.69, 9.17) is 9.47 Å². The van der Waals surface area contributed by atoms with Crippen LogP contribution >= 0.6 is 0 Å². The van der Waals surface area contributed by atoms with Gasteiger partial charge in [0.25, 0.3) is 0 Å². The summed E-state index contributed by atoms with van der Waals surface area (Å²) >= 11 is 0. The van der Waals surface area contributed by atoms with Crippen molar-refractivity contribution in [1.82, 2.24) is 10.3 Å². The highest BCUT2D eigenvalue weighted by Crippen LogP contribution is 2.12. The number of nitrogens with one attached hydrogen (secondary N) is 1. The third-order valence-corrected chi connectivity index (χ3v) is 3.00. The third-order valence-electron chi connectivity index (χ3n) is 3.00. The first-order chi connectivity index (χ1) is 8.88. The van der Waals surface area contributed by atoms with Gasteiger partial charge in [0, 0.05) is 13.2 Å². The first-order valence-corrected chi connectivity index (χ1v) is 6.73. The smallest absolute Gasteiger partial charge is 0.0889 e. The molecule has 4 nitrogen and oxygen atoms in total. The second-order valence-electron chi connectivity index (χ2n) is 4.55. The number of pyridine rings is 1. The minimum Gasteiger partial charge on any atom is -0.376 e. The van der Waals surface area contributed by atoms with Crippen molar-refractivity contribution in [3.05, 3.63) is 29.6 Å². The average Bonchev–Trinajstić information content (AvgIpc) is 2.90. The van der Waals surface area contributed by atoms with Gasteiger partial charge in [0.05, 0.1) is 30.7 Å². The Kier molecular flexibility index (Phi) is 5.58. The second-order valence-corrected chi connectivity index (χ2v) is 4.55. The predicted molar refractivity (Wildman–Crippen MR) is 70.2 cm³/mol. The minimum absolute atomic E-state index is 0.287. The molecule has 1 fully saturated rings. The first-order valence-electron chi connectivity index (χ1n) is 6.73. The first kappa shape index (κ1) is 13.5. The van der Waals surface area contributed by atoms with Crippen LogP contribution in [0.5, 0.6) is 0 Å². The van der Waals surface area contributed by atoms with Crippen molar-refractivity contribution in [1.29, 1.82) is 0 Å². The summed E-state index contributed by atoms with van der Waals surface area (Å²) in [5.41, 5.74) is 2.05. The lowest BCUT2D eigenvalue weighted by molar-refractivity contribution is 0.00961. The molecule has 1 aromatic heterocycles. The molecule has 1 saturated heterocycles. The zero-order chi connectivity index (χ0) is 12.6. The van der Waals surface area contributed by atoms with Crippen molar-refractivity contribution in [2.45, 2.75) is 39.0 Å². The summed E-state index contributed by atoms with van der Waals surface area (Å²) in [5, 5.41) is 3.27. The van der Waals surface area contributed by atoms with Crippen molar-refractivity contribution >= 4 is 0 Å². The van der Waals surface area contributed by atoms with Crippen LogP contribution in [0.15, 0.2) is 18.2 Å². The maximum Gasteiger partial charge on any atom is 0.0889 e. The van der Waals surface area contributed by atoms with Crippen molar-refractivity contribution in [3.63, 3.8) is 0 Å². The van der Waals surface area contributed by atoms with Crippen LogP contribution in [0.4, 0.5) is 0 Å². The van der Waals surface area contributed by atoms with Crippen LogP contribution < -0.4 is 5.32 Å². The van der Waals surface area contributed by atoms with Crippen molar-refractivity contribution in [3.8, 4) is 0 Å². The zero-order valence-corrected chi connectivity index (χ0v) is 11.0. The van der Waals surface area contributed by atoms with Gasteiger partial charge in [0.1, 0.15) is 0 Å². The van der Waals surface area contributed by atoms with E-state index in [1.807, 2.05) is 18.2 Å². The molecule has 1 aromatic rings. The summed E-state index contributed by atoms with van der Waals surface area (Å²) in [7, 11) is 0. The van der Waals surface area contributed by atoms with Gasteiger partial charge in [-0.2, -0.15) is 0 Å². The fourth-order valence-corrected chi connectivity index (χ4v) is 2.03. The molecule has 0 aromatic carbocycles. The van der Waals surface area contributed by atoms with Gasteiger partial charge < -0.3 is 14.8 Å². The zero-order valence-electron chi connectivity index (χ0n) is 11.0. The van der Waals surface area contributed by atoms with Crippen LogP contribution in [-0.4, -0.2) is 30.8 Å². The number of hydrogen-bond acceptors (Lipinski definition) is 4. The molecule has 0 amide bonds. The van der Waals surface area contributed by atoms with E-state index in [-0.39, 0.29) is 6.10 Å². The lowest BCUT2D eigenvalue weighted by Crippen LogP contribution is -2.15. The Morgan fingerprint density at radius 3 is 3.11 bits per heavy atom. The van der Waals surface area contributed by atoms with Gasteiger partial charge in [0.2, 0.25) is 0 Å². The van der Waals surface area contributed by atoms with Crippen LogP contribution in [0.1, 0.15) is 31.2 Å². The van der Waals surface area contributed by atoms with E-state index in [9.17, 15) is 0 Å². The van der Waals surface area contributed by atoms with Crippen LogP contribution in [-0.2, 0) is 22.6 Å². The number of hydrogen-bond donors (Lipinski definition) is 1. The van der Waals surface area contributed by atoms with Gasteiger partial charge >= 0.3 is 0 Å². The Hall–Kier alpha value is -0.970. The standard InChI is InChI=1S/C14H22N2O2/c1-2-15-9-12-5-3-6-13(16-12)10-17-11-14-7-4-8-18-14/h3,5-6,14-15H,2,4,7-11H2,1H3. The van der Waals surface area contributed by atoms with Gasteiger partial charge in [-0.15, -0.1) is 0 Å². The van der Waals surface area contributed by atoms with Crippen molar-refractivity contribution in [2.24, 2.45) is 0 Å². The highest BCUT2D eigenvalue weighted by Gasteiger charge is 2.15. The molecule has 18 heavy (non-hydrogen) atoms. The molecular weight excluding hydrogens is 228 g/mol. The Bertz CT molecular complexity index is 351. The average molecular weight is 250 g/mol. The van der Waals surface area contributed by atoms with Crippen LogP contribution in [0, 0.1) is 0 Å². The molecule has 1 aliphatic rings. The summed E-state index contributed by atoms with van der Waals surface area (Å²) in [6.45, 7) is 6.00. The maximum atomic E-state index is 5.66. The second kappa shape index (κ2) is 7.46. The van der Waals surface area contributed by atoms with E-state index in [1.165, 1.54) is 0 Å². The van der Waals surface area contributed by atoms with Crippen LogP contribution in [0.3, 0.4) is 0 Å². The predicted octanol–water partition coefficient (Wildman–Crippen LogP) is 1.89. The lowest BCUT2D eigenvalue weighted by atomic mass is 10.2. The quantitative estimate of drug-likeness (QED) is 0.802. The summed E-state index contributed by atoms with van der Waals surface area (Å²) in [6, 6.07) is 6.07. The van der Waals surface area contributed by atoms with E-state index in [0.717, 1.165) is 43.9 Å². The molecule has 1 unspecified atom stereocenters. The van der Waals surface area contributed by atoms with E-state index < -0.39 is 0 Å². The van der Waals surface area contributed by atoms with Crippen molar-refractivity contribution < 1.29 is 9.47 Å². The molecule has 1 N–H and O–H groups in total. The lowest BCUT2D eigenvalue weighted by Gasteiger charge is -2.10. The third kappa shape index (κ3) is 4.37. The van der Waals surface area contributed by atoms with Gasteiger partial charge in [-0.25, -0.2) is 0 Å². The number of ether oxygens (including phenoxy) is 2. The number of aromatic nitrogens is 1. The summed E-state index contributed by atoms with van der Waals surface area (Å²) in [6.07, 6.45) is 2.56. The van der Waals surface area contributed by atoms with Gasteiger partial charge in [0.15, 0.2) is 0 Å². The molecule has 0 aliphatic carbocycles. The largest absolute Gasteiger partial charge is 0.376 e. The Labute approximate surface area is 109 Å². The summed E-state index contributed by atoms with van der Waals surface area (Å²) in [5.74, 6) is 0. The number of nitrogens with zero attached hydrogens (tertiary/aromatic N) is 1. The fraction of sp³-hybridized carbons (Fsp3) is 0.643. The van der Waals surface area contributed by atoms with Crippen LogP contribution in [0.25, 0.3) is 0 Å². The molecule has 0 spiro atoms. The normalized spacial score (nSPS) is 19.3. The molecule has 0 saturated carbocycles. The maximum absolute atomic E-state index is 5.66. The Balaban J connectivity index is 1.74. The monoisotopic (exact) mass is 250 g/mol. The fourth-order valence-electron chi connectivity index (χ4n) is 2.03. The highest BCUT2D eigenvalue weighted by molar-refractivity contribution is 5.10. The van der Waals surface area contributed by atoms with Gasteiger partial charge in [-0.3, -0.25) is 4.98 Å². The molecule has 2 rings (SSSR count). The Morgan fingerprint density at radius 1 is 1.44 bits per heavy atom. The van der Waals surface area contributed by atoms with E-state index in [0.29, 0.717) is 13.2 Å². The van der Waals surface area contributed by atoms with Crippen LogP contribution in [0.2, 0.25) is 0 Å². The SMILES string of the molecule is CCNCc1cccc(COCC2CCCO2)n1. The van der Waals surface area contributed by atoms with E-state index in [2.05, 4.69) is 17.2 Å².